The Morgan fingerprint density at radius 1 is 1.00 bits per heavy atom. The molecule has 0 aliphatic carbocycles. The van der Waals surface area contributed by atoms with Crippen molar-refractivity contribution in [1.82, 2.24) is 4.98 Å². The van der Waals surface area contributed by atoms with Gasteiger partial charge in [0.25, 0.3) is 0 Å². The Morgan fingerprint density at radius 2 is 1.72 bits per heavy atom. The predicted molar refractivity (Wildman–Crippen MR) is 123 cm³/mol. The number of nitrogens with zero attached hydrogens (tertiary/aromatic N) is 1. The maximum atomic E-state index is 12.3. The molecule has 5 nitrogen and oxygen atoms in total. The fraction of sp³-hybridized carbons (Fsp3) is 0.318. The second kappa shape index (κ2) is 9.89. The predicted octanol–water partition coefficient (Wildman–Crippen LogP) is 5.77. The van der Waals surface area contributed by atoms with E-state index in [0.717, 1.165) is 49.9 Å². The largest absolute Gasteiger partial charge is 0.326 e. The molecule has 0 bridgehead atoms. The summed E-state index contributed by atoms with van der Waals surface area (Å²) in [6.07, 6.45) is 2.42. The van der Waals surface area contributed by atoms with Crippen molar-refractivity contribution in [3.8, 4) is 0 Å². The number of hydrogen-bond donors (Lipinski definition) is 2. The number of nitrogens with one attached hydrogen (secondary N) is 2. The van der Waals surface area contributed by atoms with Gasteiger partial charge in [0.1, 0.15) is 0 Å². The lowest BCUT2D eigenvalue weighted by atomic mass is 10.1. The van der Waals surface area contributed by atoms with Gasteiger partial charge in [-0.25, -0.2) is 4.98 Å². The van der Waals surface area contributed by atoms with Crippen LogP contribution in [0.2, 0.25) is 0 Å². The van der Waals surface area contributed by atoms with Gasteiger partial charge in [0, 0.05) is 17.8 Å². The topological polar surface area (TPSA) is 71.1 Å². The standard InChI is InChI=1S/C22H25N3O2S2/c1-4-5-6-20(26)23-16-7-8-18-19(12-16)29-22(25-18)28-13-21(27)24-17-10-14(2)9-15(3)11-17/h7-12H,4-6,13H2,1-3H3,(H,23,26)(H,24,27). The number of rotatable bonds is 8. The van der Waals surface area contributed by atoms with Crippen LogP contribution in [0.4, 0.5) is 11.4 Å². The zero-order valence-corrected chi connectivity index (χ0v) is 18.5. The zero-order chi connectivity index (χ0) is 20.8. The van der Waals surface area contributed by atoms with Gasteiger partial charge in [0.2, 0.25) is 11.8 Å². The van der Waals surface area contributed by atoms with Crippen LogP contribution in [0.25, 0.3) is 10.2 Å². The Kier molecular flexibility index (Phi) is 7.28. The molecule has 0 fully saturated rings. The number of fused-ring (bicyclic) bond motifs is 1. The van der Waals surface area contributed by atoms with Gasteiger partial charge >= 0.3 is 0 Å². The van der Waals surface area contributed by atoms with Gasteiger partial charge in [-0.1, -0.05) is 31.2 Å². The summed E-state index contributed by atoms with van der Waals surface area (Å²) < 4.78 is 1.83. The highest BCUT2D eigenvalue weighted by Crippen LogP contribution is 2.31. The fourth-order valence-electron chi connectivity index (χ4n) is 2.97. The third kappa shape index (κ3) is 6.30. The van der Waals surface area contributed by atoms with Crippen molar-refractivity contribution in [2.75, 3.05) is 16.4 Å². The summed E-state index contributed by atoms with van der Waals surface area (Å²) in [4.78, 5) is 28.8. The lowest BCUT2D eigenvalue weighted by Gasteiger charge is -2.06. The molecule has 0 aliphatic heterocycles. The van der Waals surface area contributed by atoms with Gasteiger partial charge in [0.05, 0.1) is 16.0 Å². The number of anilines is 2. The molecule has 3 rings (SSSR count). The van der Waals surface area contributed by atoms with Gasteiger partial charge in [-0.05, 0) is 61.7 Å². The number of aryl methyl sites for hydroxylation is 2. The third-order valence-electron chi connectivity index (χ3n) is 4.24. The van der Waals surface area contributed by atoms with E-state index in [0.29, 0.717) is 12.2 Å². The second-order valence-corrected chi connectivity index (χ2v) is 9.28. The number of aromatic nitrogens is 1. The third-order valence-corrected chi connectivity index (χ3v) is 6.40. The van der Waals surface area contributed by atoms with Gasteiger partial charge < -0.3 is 10.6 Å². The summed E-state index contributed by atoms with van der Waals surface area (Å²) in [5.74, 6) is 0.282. The van der Waals surface area contributed by atoms with E-state index in [1.807, 2.05) is 44.2 Å². The van der Waals surface area contributed by atoms with Crippen molar-refractivity contribution < 1.29 is 9.59 Å². The summed E-state index contributed by atoms with van der Waals surface area (Å²) in [6, 6.07) is 11.7. The summed E-state index contributed by atoms with van der Waals surface area (Å²) in [5.41, 5.74) is 4.72. The molecule has 0 saturated heterocycles. The number of unbranched alkanes of at least 4 members (excludes halogenated alkanes) is 1. The highest BCUT2D eigenvalue weighted by Gasteiger charge is 2.10. The molecular weight excluding hydrogens is 402 g/mol. The van der Waals surface area contributed by atoms with Crippen LogP contribution in [0.1, 0.15) is 37.3 Å². The van der Waals surface area contributed by atoms with Gasteiger partial charge in [0.15, 0.2) is 4.34 Å². The van der Waals surface area contributed by atoms with Crippen molar-refractivity contribution in [2.24, 2.45) is 0 Å². The Balaban J connectivity index is 1.58. The summed E-state index contributed by atoms with van der Waals surface area (Å²) in [7, 11) is 0. The lowest BCUT2D eigenvalue weighted by Crippen LogP contribution is -2.14. The molecular formula is C22H25N3O2S2. The van der Waals surface area contributed by atoms with E-state index in [4.69, 9.17) is 0 Å². The first-order valence-corrected chi connectivity index (χ1v) is 11.4. The Morgan fingerprint density at radius 3 is 2.45 bits per heavy atom. The average molecular weight is 428 g/mol. The molecule has 0 unspecified atom stereocenters. The summed E-state index contributed by atoms with van der Waals surface area (Å²) in [5, 5.41) is 5.88. The van der Waals surface area contributed by atoms with Crippen LogP contribution in [0.3, 0.4) is 0 Å². The zero-order valence-electron chi connectivity index (χ0n) is 16.9. The van der Waals surface area contributed by atoms with Crippen molar-refractivity contribution in [1.29, 1.82) is 0 Å². The summed E-state index contributed by atoms with van der Waals surface area (Å²) in [6.45, 7) is 6.09. The molecule has 0 atom stereocenters. The van der Waals surface area contributed by atoms with Crippen LogP contribution >= 0.6 is 23.1 Å². The smallest absolute Gasteiger partial charge is 0.234 e. The fourth-order valence-corrected chi connectivity index (χ4v) is 4.88. The molecule has 7 heteroatoms. The number of thioether (sulfide) groups is 1. The van der Waals surface area contributed by atoms with Crippen LogP contribution in [-0.4, -0.2) is 22.6 Å². The molecule has 0 saturated carbocycles. The van der Waals surface area contributed by atoms with E-state index in [9.17, 15) is 9.59 Å². The minimum atomic E-state index is -0.0527. The molecule has 2 N–H and O–H groups in total. The Bertz CT molecular complexity index is 1010. The molecule has 0 aliphatic rings. The monoisotopic (exact) mass is 427 g/mol. The average Bonchev–Trinajstić information content (AvgIpc) is 3.06. The number of carbonyl (C=O) groups is 2. The van der Waals surface area contributed by atoms with Crippen molar-refractivity contribution >= 4 is 56.5 Å². The second-order valence-electron chi connectivity index (χ2n) is 7.03. The normalized spacial score (nSPS) is 10.9. The molecule has 1 heterocycles. The quantitative estimate of drug-likeness (QED) is 0.448. The van der Waals surface area contributed by atoms with E-state index < -0.39 is 0 Å². The number of amides is 2. The molecule has 0 radical (unpaired) electrons. The Hall–Kier alpha value is -2.38. The van der Waals surface area contributed by atoms with Gasteiger partial charge in [-0.3, -0.25) is 9.59 Å². The molecule has 2 amide bonds. The van der Waals surface area contributed by atoms with Crippen molar-refractivity contribution in [3.63, 3.8) is 0 Å². The highest BCUT2D eigenvalue weighted by atomic mass is 32.2. The maximum Gasteiger partial charge on any atom is 0.234 e. The van der Waals surface area contributed by atoms with Crippen LogP contribution in [0, 0.1) is 13.8 Å². The van der Waals surface area contributed by atoms with Crippen LogP contribution in [-0.2, 0) is 9.59 Å². The highest BCUT2D eigenvalue weighted by molar-refractivity contribution is 8.01. The molecule has 2 aromatic carbocycles. The van der Waals surface area contributed by atoms with Gasteiger partial charge in [-0.15, -0.1) is 11.3 Å². The number of thiazole rings is 1. The van der Waals surface area contributed by atoms with Gasteiger partial charge in [-0.2, -0.15) is 0 Å². The molecule has 152 valence electrons. The summed E-state index contributed by atoms with van der Waals surface area (Å²) >= 11 is 2.95. The minimum Gasteiger partial charge on any atom is -0.326 e. The molecule has 0 spiro atoms. The van der Waals surface area contributed by atoms with E-state index in [1.54, 1.807) is 0 Å². The number of carbonyl (C=O) groups excluding carboxylic acids is 2. The van der Waals surface area contributed by atoms with Crippen LogP contribution in [0.5, 0.6) is 0 Å². The maximum absolute atomic E-state index is 12.3. The molecule has 3 aromatic rings. The lowest BCUT2D eigenvalue weighted by molar-refractivity contribution is -0.116. The first-order valence-electron chi connectivity index (χ1n) is 9.64. The van der Waals surface area contributed by atoms with Crippen molar-refractivity contribution in [3.05, 3.63) is 47.5 Å². The Labute approximate surface area is 179 Å². The van der Waals surface area contributed by atoms with E-state index >= 15 is 0 Å². The van der Waals surface area contributed by atoms with Crippen molar-refractivity contribution in [2.45, 2.75) is 44.4 Å². The van der Waals surface area contributed by atoms with E-state index in [1.165, 1.54) is 23.1 Å². The van der Waals surface area contributed by atoms with E-state index in [2.05, 4.69) is 28.6 Å². The van der Waals surface area contributed by atoms with Crippen LogP contribution in [0.15, 0.2) is 40.7 Å². The molecule has 1 aromatic heterocycles. The number of benzene rings is 2. The molecule has 29 heavy (non-hydrogen) atoms. The first kappa shape index (κ1) is 21.3. The minimum absolute atomic E-state index is 0.0355. The van der Waals surface area contributed by atoms with Crippen LogP contribution < -0.4 is 10.6 Å². The number of hydrogen-bond acceptors (Lipinski definition) is 5. The SMILES string of the molecule is CCCCC(=O)Nc1ccc2nc(SCC(=O)Nc3cc(C)cc(C)c3)sc2c1. The first-order chi connectivity index (χ1) is 13.9. The van der Waals surface area contributed by atoms with E-state index in [-0.39, 0.29) is 11.8 Å².